The number of rotatable bonds is 4. The topological polar surface area (TPSA) is 113 Å². The fourth-order valence-electron chi connectivity index (χ4n) is 4.54. The third-order valence-electron chi connectivity index (χ3n) is 5.61. The fourth-order valence-corrected chi connectivity index (χ4v) is 4.54. The Hall–Kier alpha value is -3.20. The predicted octanol–water partition coefficient (Wildman–Crippen LogP) is 2.84. The van der Waals surface area contributed by atoms with Crippen LogP contribution in [0.15, 0.2) is 37.1 Å². The van der Waals surface area contributed by atoms with Crippen LogP contribution in [0, 0.1) is 0 Å². The lowest BCUT2D eigenvalue weighted by molar-refractivity contribution is 0.160. The van der Waals surface area contributed by atoms with Gasteiger partial charge in [0, 0.05) is 35.3 Å². The molecule has 1 aromatic carbocycles. The van der Waals surface area contributed by atoms with Gasteiger partial charge in [0.25, 0.3) is 0 Å². The fraction of sp³-hybridized carbons (Fsp3) is 0.455. The second kappa shape index (κ2) is 7.81. The van der Waals surface area contributed by atoms with E-state index in [9.17, 15) is 5.11 Å². The highest BCUT2D eigenvalue weighted by Crippen LogP contribution is 2.33. The van der Waals surface area contributed by atoms with E-state index in [1.54, 1.807) is 18.3 Å². The summed E-state index contributed by atoms with van der Waals surface area (Å²) in [4.78, 5) is 18.7. The third kappa shape index (κ3) is 4.61. The summed E-state index contributed by atoms with van der Waals surface area (Å²) in [7, 11) is 2.01. The summed E-state index contributed by atoms with van der Waals surface area (Å²) in [5.41, 5.74) is 1.80. The first-order chi connectivity index (χ1) is 14.6. The SMILES string of the molecule is CN(c1ncc(-c2ccc(-c3ncncn3)cc2O)nn1)C1CC(C)(C)NC(C)(C)C1. The smallest absolute Gasteiger partial charge is 0.245 e. The van der Waals surface area contributed by atoms with Crippen molar-refractivity contribution in [2.45, 2.75) is 57.7 Å². The number of nitrogens with zero attached hydrogens (tertiary/aromatic N) is 7. The molecule has 1 saturated heterocycles. The van der Waals surface area contributed by atoms with Gasteiger partial charge in [-0.2, -0.15) is 0 Å². The van der Waals surface area contributed by atoms with E-state index in [0.29, 0.717) is 34.6 Å². The Kier molecular flexibility index (Phi) is 5.30. The van der Waals surface area contributed by atoms with Gasteiger partial charge in [0.05, 0.1) is 6.20 Å². The van der Waals surface area contributed by atoms with E-state index in [1.165, 1.54) is 12.7 Å². The Balaban J connectivity index is 1.54. The zero-order valence-corrected chi connectivity index (χ0v) is 18.5. The van der Waals surface area contributed by atoms with Gasteiger partial charge in [0.2, 0.25) is 5.95 Å². The lowest BCUT2D eigenvalue weighted by Crippen LogP contribution is -2.62. The molecule has 1 aliphatic rings. The standard InChI is InChI=1S/C22H28N8O/c1-21(2)9-15(10-22(3,4)29-21)30(5)20-24-11-17(27-28-20)16-7-6-14(8-18(16)31)19-25-12-23-13-26-19/h6-8,11-13,15,29,31H,9-10H2,1-5H3. The predicted molar refractivity (Wildman–Crippen MR) is 118 cm³/mol. The zero-order chi connectivity index (χ0) is 22.2. The van der Waals surface area contributed by atoms with Crippen molar-refractivity contribution in [2.75, 3.05) is 11.9 Å². The molecule has 0 unspecified atom stereocenters. The molecule has 1 aliphatic heterocycles. The van der Waals surface area contributed by atoms with Gasteiger partial charge >= 0.3 is 0 Å². The Morgan fingerprint density at radius 3 is 2.26 bits per heavy atom. The van der Waals surface area contributed by atoms with E-state index in [0.717, 1.165) is 12.8 Å². The van der Waals surface area contributed by atoms with E-state index in [2.05, 4.69) is 68.0 Å². The van der Waals surface area contributed by atoms with E-state index >= 15 is 0 Å². The normalized spacial score (nSPS) is 18.0. The van der Waals surface area contributed by atoms with Crippen molar-refractivity contribution >= 4 is 5.95 Å². The van der Waals surface area contributed by atoms with E-state index in [1.807, 2.05) is 13.1 Å². The van der Waals surface area contributed by atoms with Crippen LogP contribution < -0.4 is 10.2 Å². The minimum absolute atomic E-state index is 0.0279. The molecule has 9 heteroatoms. The van der Waals surface area contributed by atoms with Crippen LogP contribution in [0.2, 0.25) is 0 Å². The Bertz CT molecular complexity index is 1040. The summed E-state index contributed by atoms with van der Waals surface area (Å²) in [6, 6.07) is 5.49. The minimum atomic E-state index is 0.0279. The van der Waals surface area contributed by atoms with Crippen LogP contribution in [0.3, 0.4) is 0 Å². The highest BCUT2D eigenvalue weighted by atomic mass is 16.3. The zero-order valence-electron chi connectivity index (χ0n) is 18.5. The minimum Gasteiger partial charge on any atom is -0.507 e. The Morgan fingerprint density at radius 1 is 1.00 bits per heavy atom. The number of aromatic hydroxyl groups is 1. The van der Waals surface area contributed by atoms with Crippen LogP contribution in [0.25, 0.3) is 22.6 Å². The maximum Gasteiger partial charge on any atom is 0.245 e. The largest absolute Gasteiger partial charge is 0.507 e. The molecule has 2 aromatic heterocycles. The summed E-state index contributed by atoms with van der Waals surface area (Å²) in [6.07, 6.45) is 6.45. The monoisotopic (exact) mass is 420 g/mol. The maximum absolute atomic E-state index is 10.5. The van der Waals surface area contributed by atoms with Crippen LogP contribution in [0.1, 0.15) is 40.5 Å². The number of benzene rings is 1. The van der Waals surface area contributed by atoms with Gasteiger partial charge in [0.15, 0.2) is 5.82 Å². The first-order valence-electron chi connectivity index (χ1n) is 10.3. The third-order valence-corrected chi connectivity index (χ3v) is 5.61. The molecule has 0 radical (unpaired) electrons. The number of nitrogens with one attached hydrogen (secondary N) is 1. The summed E-state index contributed by atoms with van der Waals surface area (Å²) < 4.78 is 0. The second-order valence-corrected chi connectivity index (χ2v) is 9.40. The van der Waals surface area contributed by atoms with Gasteiger partial charge < -0.3 is 15.3 Å². The molecule has 0 amide bonds. The molecule has 162 valence electrons. The summed E-state index contributed by atoms with van der Waals surface area (Å²) >= 11 is 0. The number of piperidine rings is 1. The van der Waals surface area contributed by atoms with Crippen molar-refractivity contribution in [2.24, 2.45) is 0 Å². The molecular formula is C22H28N8O. The number of aromatic nitrogens is 6. The van der Waals surface area contributed by atoms with Crippen molar-refractivity contribution < 1.29 is 5.11 Å². The Labute approximate surface area is 182 Å². The van der Waals surface area contributed by atoms with E-state index in [-0.39, 0.29) is 16.8 Å². The summed E-state index contributed by atoms with van der Waals surface area (Å²) in [5, 5.41) is 22.9. The second-order valence-electron chi connectivity index (χ2n) is 9.40. The molecule has 9 nitrogen and oxygen atoms in total. The first kappa shape index (κ1) is 21.0. The van der Waals surface area contributed by atoms with Crippen molar-refractivity contribution in [3.8, 4) is 28.4 Å². The van der Waals surface area contributed by atoms with Crippen LogP contribution in [-0.4, -0.2) is 59.4 Å². The molecule has 0 atom stereocenters. The Morgan fingerprint density at radius 2 is 1.68 bits per heavy atom. The molecule has 0 saturated carbocycles. The van der Waals surface area contributed by atoms with Gasteiger partial charge in [-0.15, -0.1) is 10.2 Å². The first-order valence-corrected chi connectivity index (χ1v) is 10.3. The lowest BCUT2D eigenvalue weighted by atomic mass is 9.79. The molecule has 4 rings (SSSR count). The molecular weight excluding hydrogens is 392 g/mol. The number of hydrogen-bond donors (Lipinski definition) is 2. The number of phenolic OH excluding ortho intramolecular Hbond substituents is 1. The van der Waals surface area contributed by atoms with Gasteiger partial charge in [-0.05, 0) is 52.7 Å². The van der Waals surface area contributed by atoms with Crippen molar-refractivity contribution in [1.29, 1.82) is 0 Å². The van der Waals surface area contributed by atoms with Crippen LogP contribution >= 0.6 is 0 Å². The number of phenols is 1. The summed E-state index contributed by atoms with van der Waals surface area (Å²) in [5.74, 6) is 1.13. The lowest BCUT2D eigenvalue weighted by Gasteiger charge is -2.48. The van der Waals surface area contributed by atoms with Gasteiger partial charge in [-0.3, -0.25) is 0 Å². The van der Waals surface area contributed by atoms with Crippen LogP contribution in [0.4, 0.5) is 5.95 Å². The highest BCUT2D eigenvalue weighted by molar-refractivity contribution is 5.71. The summed E-state index contributed by atoms with van der Waals surface area (Å²) in [6.45, 7) is 8.89. The molecule has 31 heavy (non-hydrogen) atoms. The molecule has 0 spiro atoms. The maximum atomic E-state index is 10.5. The average Bonchev–Trinajstić information content (AvgIpc) is 2.72. The highest BCUT2D eigenvalue weighted by Gasteiger charge is 2.39. The van der Waals surface area contributed by atoms with Crippen LogP contribution in [0.5, 0.6) is 5.75 Å². The molecule has 1 fully saturated rings. The molecule has 3 heterocycles. The quantitative estimate of drug-likeness (QED) is 0.658. The van der Waals surface area contributed by atoms with Gasteiger partial charge in [0.1, 0.15) is 24.1 Å². The van der Waals surface area contributed by atoms with Gasteiger partial charge in [-0.1, -0.05) is 6.07 Å². The van der Waals surface area contributed by atoms with E-state index < -0.39 is 0 Å². The number of anilines is 1. The number of hydrogen-bond acceptors (Lipinski definition) is 9. The van der Waals surface area contributed by atoms with Crippen molar-refractivity contribution in [1.82, 2.24) is 35.5 Å². The van der Waals surface area contributed by atoms with Gasteiger partial charge in [-0.25, -0.2) is 19.9 Å². The average molecular weight is 421 g/mol. The molecule has 3 aromatic rings. The van der Waals surface area contributed by atoms with Crippen LogP contribution in [-0.2, 0) is 0 Å². The molecule has 0 bridgehead atoms. The van der Waals surface area contributed by atoms with Crippen molar-refractivity contribution in [3.63, 3.8) is 0 Å². The van der Waals surface area contributed by atoms with E-state index in [4.69, 9.17) is 0 Å². The van der Waals surface area contributed by atoms with Crippen molar-refractivity contribution in [3.05, 3.63) is 37.1 Å². The molecule has 2 N–H and O–H groups in total. The molecule has 0 aliphatic carbocycles.